The molecule has 1 fully saturated rings. The van der Waals surface area contributed by atoms with Gasteiger partial charge >= 0.3 is 6.03 Å². The van der Waals surface area contributed by atoms with E-state index in [9.17, 15) is 4.79 Å². The summed E-state index contributed by atoms with van der Waals surface area (Å²) in [4.78, 5) is 12.2. The first-order valence-electron chi connectivity index (χ1n) is 8.22. The van der Waals surface area contributed by atoms with Crippen molar-refractivity contribution in [1.82, 2.24) is 5.32 Å². The zero-order valence-corrected chi connectivity index (χ0v) is 13.8. The zero-order valence-electron chi connectivity index (χ0n) is 13.8. The lowest BCUT2D eigenvalue weighted by Crippen LogP contribution is -2.37. The maximum atomic E-state index is 12.2. The highest BCUT2D eigenvalue weighted by Gasteiger charge is 2.29. The summed E-state index contributed by atoms with van der Waals surface area (Å²) in [6.07, 6.45) is 2.38. The Kier molecular flexibility index (Phi) is 3.56. The van der Waals surface area contributed by atoms with Crippen LogP contribution in [-0.2, 0) is 0 Å². The van der Waals surface area contributed by atoms with E-state index in [-0.39, 0.29) is 12.1 Å². The molecule has 1 heterocycles. The lowest BCUT2D eigenvalue weighted by Gasteiger charge is -2.15. The third kappa shape index (κ3) is 2.66. The van der Waals surface area contributed by atoms with Crippen molar-refractivity contribution in [2.75, 3.05) is 12.4 Å². The summed E-state index contributed by atoms with van der Waals surface area (Å²) in [6.45, 7) is 2.04. The predicted molar refractivity (Wildman–Crippen MR) is 94.6 cm³/mol. The van der Waals surface area contributed by atoms with E-state index in [0.717, 1.165) is 21.9 Å². The van der Waals surface area contributed by atoms with Crippen LogP contribution in [0.2, 0.25) is 0 Å². The van der Waals surface area contributed by atoms with Crippen LogP contribution in [0.5, 0.6) is 5.75 Å². The standard InChI is InChI=1S/C19H20N2O3/c1-11(12-7-8-12)20-19(22)21-15-10-17-14(9-18(15)23-2)13-5-3-4-6-16(13)24-17/h3-6,9-12H,7-8H2,1-2H3,(H2,20,21,22). The van der Waals surface area contributed by atoms with Gasteiger partial charge in [-0.1, -0.05) is 18.2 Å². The number of benzene rings is 2. The number of rotatable bonds is 4. The molecule has 1 atom stereocenters. The molecule has 3 aromatic rings. The number of ether oxygens (including phenoxy) is 1. The molecule has 1 aromatic heterocycles. The van der Waals surface area contributed by atoms with Crippen LogP contribution in [0.15, 0.2) is 40.8 Å². The summed E-state index contributed by atoms with van der Waals surface area (Å²) < 4.78 is 11.3. The van der Waals surface area contributed by atoms with Crippen LogP contribution in [0.3, 0.4) is 0 Å². The normalized spacial score (nSPS) is 15.4. The number of carbonyl (C=O) groups excluding carboxylic acids is 1. The second-order valence-corrected chi connectivity index (χ2v) is 6.37. The summed E-state index contributed by atoms with van der Waals surface area (Å²) in [5.41, 5.74) is 2.14. The third-order valence-electron chi connectivity index (χ3n) is 4.63. The third-order valence-corrected chi connectivity index (χ3v) is 4.63. The minimum Gasteiger partial charge on any atom is -0.495 e. The summed E-state index contributed by atoms with van der Waals surface area (Å²) in [5, 5.41) is 7.86. The maximum absolute atomic E-state index is 12.2. The molecule has 124 valence electrons. The van der Waals surface area contributed by atoms with E-state index in [1.807, 2.05) is 43.3 Å². The number of carbonyl (C=O) groups is 1. The number of methoxy groups -OCH3 is 1. The van der Waals surface area contributed by atoms with Gasteiger partial charge in [0, 0.05) is 22.9 Å². The Morgan fingerprint density at radius 2 is 2.00 bits per heavy atom. The Balaban J connectivity index is 1.66. The Labute approximate surface area is 140 Å². The largest absolute Gasteiger partial charge is 0.495 e. The van der Waals surface area contributed by atoms with Gasteiger partial charge in [-0.2, -0.15) is 0 Å². The van der Waals surface area contributed by atoms with Crippen molar-refractivity contribution in [3.8, 4) is 5.75 Å². The molecule has 1 unspecified atom stereocenters. The van der Waals surface area contributed by atoms with Crippen molar-refractivity contribution in [3.63, 3.8) is 0 Å². The fourth-order valence-corrected chi connectivity index (χ4v) is 3.10. The molecule has 0 saturated heterocycles. The molecular formula is C19H20N2O3. The quantitative estimate of drug-likeness (QED) is 0.742. The topological polar surface area (TPSA) is 63.5 Å². The van der Waals surface area contributed by atoms with Gasteiger partial charge in [-0.25, -0.2) is 4.79 Å². The average molecular weight is 324 g/mol. The zero-order chi connectivity index (χ0) is 16.7. The first-order valence-corrected chi connectivity index (χ1v) is 8.22. The second-order valence-electron chi connectivity index (χ2n) is 6.37. The number of para-hydroxylation sites is 1. The smallest absolute Gasteiger partial charge is 0.319 e. The van der Waals surface area contributed by atoms with E-state index in [1.165, 1.54) is 12.8 Å². The number of anilines is 1. The van der Waals surface area contributed by atoms with Crippen molar-refractivity contribution in [3.05, 3.63) is 36.4 Å². The highest BCUT2D eigenvalue weighted by atomic mass is 16.5. The lowest BCUT2D eigenvalue weighted by atomic mass is 10.1. The van der Waals surface area contributed by atoms with Crippen molar-refractivity contribution in [1.29, 1.82) is 0 Å². The molecule has 5 heteroatoms. The number of hydrogen-bond acceptors (Lipinski definition) is 3. The van der Waals surface area contributed by atoms with E-state index in [0.29, 0.717) is 17.4 Å². The van der Waals surface area contributed by atoms with Crippen LogP contribution in [-0.4, -0.2) is 19.2 Å². The molecule has 24 heavy (non-hydrogen) atoms. The fraction of sp³-hybridized carbons (Fsp3) is 0.316. The highest BCUT2D eigenvalue weighted by Crippen LogP contribution is 2.36. The summed E-state index contributed by atoms with van der Waals surface area (Å²) >= 11 is 0. The number of hydrogen-bond donors (Lipinski definition) is 2. The van der Waals surface area contributed by atoms with E-state index in [1.54, 1.807) is 7.11 Å². The number of nitrogens with one attached hydrogen (secondary N) is 2. The molecular weight excluding hydrogens is 304 g/mol. The summed E-state index contributed by atoms with van der Waals surface area (Å²) in [6, 6.07) is 11.5. The van der Waals surface area contributed by atoms with Gasteiger partial charge in [0.1, 0.15) is 16.9 Å². The Bertz CT molecular complexity index is 912. The Morgan fingerprint density at radius 1 is 1.21 bits per heavy atom. The van der Waals surface area contributed by atoms with Crippen molar-refractivity contribution >= 4 is 33.7 Å². The van der Waals surface area contributed by atoms with Gasteiger partial charge in [-0.05, 0) is 37.8 Å². The molecule has 0 spiro atoms. The first-order chi connectivity index (χ1) is 11.7. The minimum atomic E-state index is -0.219. The molecule has 5 nitrogen and oxygen atoms in total. The molecule has 2 N–H and O–H groups in total. The van der Waals surface area contributed by atoms with E-state index in [4.69, 9.17) is 9.15 Å². The molecule has 2 amide bonds. The summed E-state index contributed by atoms with van der Waals surface area (Å²) in [5.74, 6) is 1.22. The van der Waals surface area contributed by atoms with Crippen molar-refractivity contribution in [2.45, 2.75) is 25.8 Å². The molecule has 0 aliphatic heterocycles. The average Bonchev–Trinajstić information content (AvgIpc) is 3.36. The Hall–Kier alpha value is -2.69. The highest BCUT2D eigenvalue weighted by molar-refractivity contribution is 6.07. The van der Waals surface area contributed by atoms with E-state index in [2.05, 4.69) is 10.6 Å². The van der Waals surface area contributed by atoms with Crippen LogP contribution < -0.4 is 15.4 Å². The second kappa shape index (κ2) is 5.74. The van der Waals surface area contributed by atoms with Gasteiger partial charge in [0.15, 0.2) is 0 Å². The fourth-order valence-electron chi connectivity index (χ4n) is 3.10. The van der Waals surface area contributed by atoms with Crippen LogP contribution in [0.25, 0.3) is 21.9 Å². The van der Waals surface area contributed by atoms with Gasteiger partial charge in [0.2, 0.25) is 0 Å². The Morgan fingerprint density at radius 3 is 2.75 bits per heavy atom. The van der Waals surface area contributed by atoms with E-state index < -0.39 is 0 Å². The molecule has 0 radical (unpaired) electrons. The monoisotopic (exact) mass is 324 g/mol. The molecule has 0 bridgehead atoms. The van der Waals surface area contributed by atoms with Crippen LogP contribution in [0.4, 0.5) is 10.5 Å². The molecule has 1 aliphatic carbocycles. The lowest BCUT2D eigenvalue weighted by molar-refractivity contribution is 0.248. The van der Waals surface area contributed by atoms with Gasteiger partial charge in [0.25, 0.3) is 0 Å². The van der Waals surface area contributed by atoms with Crippen LogP contribution in [0, 0.1) is 5.92 Å². The number of amides is 2. The van der Waals surface area contributed by atoms with Gasteiger partial charge in [0.05, 0.1) is 12.8 Å². The van der Waals surface area contributed by atoms with E-state index >= 15 is 0 Å². The molecule has 4 rings (SSSR count). The van der Waals surface area contributed by atoms with Gasteiger partial charge < -0.3 is 19.8 Å². The predicted octanol–water partition coefficient (Wildman–Crippen LogP) is 4.51. The number of urea groups is 1. The van der Waals surface area contributed by atoms with Crippen LogP contribution in [0.1, 0.15) is 19.8 Å². The molecule has 1 saturated carbocycles. The van der Waals surface area contributed by atoms with Crippen molar-refractivity contribution < 1.29 is 13.9 Å². The molecule has 2 aromatic carbocycles. The summed E-state index contributed by atoms with van der Waals surface area (Å²) in [7, 11) is 1.60. The van der Waals surface area contributed by atoms with Crippen LogP contribution >= 0.6 is 0 Å². The van der Waals surface area contributed by atoms with Gasteiger partial charge in [-0.15, -0.1) is 0 Å². The number of fused-ring (bicyclic) bond motifs is 3. The minimum absolute atomic E-state index is 0.186. The number of furan rings is 1. The maximum Gasteiger partial charge on any atom is 0.319 e. The molecule has 1 aliphatic rings. The first kappa shape index (κ1) is 14.9. The SMILES string of the molecule is COc1cc2c(cc1NC(=O)NC(C)C1CC1)oc1ccccc12. The van der Waals surface area contributed by atoms with Gasteiger partial charge in [-0.3, -0.25) is 0 Å². The van der Waals surface area contributed by atoms with Crippen molar-refractivity contribution in [2.24, 2.45) is 5.92 Å².